The number of carbonyl (C=O) groups is 1. The van der Waals surface area contributed by atoms with E-state index in [0.29, 0.717) is 12.5 Å². The first-order valence-electron chi connectivity index (χ1n) is 7.14. The smallest absolute Gasteiger partial charge is 0.228 e. The van der Waals surface area contributed by atoms with Crippen LogP contribution in [0, 0.1) is 6.92 Å². The third-order valence-electron chi connectivity index (χ3n) is 3.56. The molecule has 3 heterocycles. The van der Waals surface area contributed by atoms with Gasteiger partial charge in [-0.05, 0) is 26.0 Å². The van der Waals surface area contributed by atoms with Gasteiger partial charge in [0.1, 0.15) is 5.76 Å². The van der Waals surface area contributed by atoms with Gasteiger partial charge in [0.25, 0.3) is 0 Å². The van der Waals surface area contributed by atoms with E-state index in [2.05, 4.69) is 17.2 Å². The summed E-state index contributed by atoms with van der Waals surface area (Å²) in [4.78, 5) is 18.7. The lowest BCUT2D eigenvalue weighted by atomic mass is 10.2. The van der Waals surface area contributed by atoms with Gasteiger partial charge in [-0.25, -0.2) is 4.98 Å². The summed E-state index contributed by atoms with van der Waals surface area (Å²) in [7, 11) is 0. The van der Waals surface area contributed by atoms with E-state index in [1.165, 1.54) is 11.3 Å². The summed E-state index contributed by atoms with van der Waals surface area (Å²) in [5, 5.41) is 6.11. The largest absolute Gasteiger partial charge is 0.459 e. The molecular formula is C15H19N3O2S. The molecule has 0 aliphatic carbocycles. The monoisotopic (exact) mass is 305 g/mol. The molecule has 1 N–H and O–H groups in total. The molecule has 1 aliphatic heterocycles. The highest BCUT2D eigenvalue weighted by Crippen LogP contribution is 2.25. The molecule has 1 saturated heterocycles. The lowest BCUT2D eigenvalue weighted by Gasteiger charge is -2.31. The van der Waals surface area contributed by atoms with Crippen LogP contribution in [0.1, 0.15) is 18.4 Å². The minimum atomic E-state index is 0.149. The SMILES string of the molecule is Cc1ccc(-c2nc(CC(=O)N3CCNC(C)C3)cs2)o1. The van der Waals surface area contributed by atoms with Crippen molar-refractivity contribution >= 4 is 17.2 Å². The average Bonchev–Trinajstić information content (AvgIpc) is 3.07. The molecule has 6 heteroatoms. The number of aromatic nitrogens is 1. The number of piperazine rings is 1. The van der Waals surface area contributed by atoms with Crippen LogP contribution in [0.15, 0.2) is 21.9 Å². The number of amides is 1. The van der Waals surface area contributed by atoms with Crippen LogP contribution < -0.4 is 5.32 Å². The van der Waals surface area contributed by atoms with Crippen LogP contribution in [0.5, 0.6) is 0 Å². The second kappa shape index (κ2) is 5.99. The lowest BCUT2D eigenvalue weighted by Crippen LogP contribution is -2.51. The molecule has 1 fully saturated rings. The van der Waals surface area contributed by atoms with E-state index in [0.717, 1.165) is 41.9 Å². The number of hydrogen-bond acceptors (Lipinski definition) is 5. The summed E-state index contributed by atoms with van der Waals surface area (Å²) in [5.41, 5.74) is 0.820. The zero-order valence-corrected chi connectivity index (χ0v) is 13.1. The standard InChI is InChI=1S/C15H19N3O2S/c1-10-8-18(6-5-16-10)14(19)7-12-9-21-15(17-12)13-4-3-11(2)20-13/h3-4,9-10,16H,5-8H2,1-2H3. The van der Waals surface area contributed by atoms with Gasteiger partial charge in [0.05, 0.1) is 12.1 Å². The first kappa shape index (κ1) is 14.3. The Morgan fingerprint density at radius 1 is 1.57 bits per heavy atom. The van der Waals surface area contributed by atoms with Crippen molar-refractivity contribution in [2.24, 2.45) is 0 Å². The minimum Gasteiger partial charge on any atom is -0.459 e. The Morgan fingerprint density at radius 2 is 2.43 bits per heavy atom. The molecule has 0 radical (unpaired) electrons. The summed E-state index contributed by atoms with van der Waals surface area (Å²) in [6.45, 7) is 6.42. The van der Waals surface area contributed by atoms with Gasteiger partial charge in [0, 0.05) is 31.1 Å². The third kappa shape index (κ3) is 3.33. The molecule has 1 aliphatic rings. The summed E-state index contributed by atoms with van der Waals surface area (Å²) in [6.07, 6.45) is 0.364. The predicted molar refractivity (Wildman–Crippen MR) is 82.3 cm³/mol. The van der Waals surface area contributed by atoms with Crippen LogP contribution >= 0.6 is 11.3 Å². The molecule has 1 amide bonds. The van der Waals surface area contributed by atoms with Gasteiger partial charge < -0.3 is 14.6 Å². The van der Waals surface area contributed by atoms with E-state index in [9.17, 15) is 4.79 Å². The molecule has 2 aromatic heterocycles. The van der Waals surface area contributed by atoms with Gasteiger partial charge in [0.15, 0.2) is 10.8 Å². The molecule has 0 spiro atoms. The molecule has 0 saturated carbocycles. The van der Waals surface area contributed by atoms with Crippen molar-refractivity contribution in [2.75, 3.05) is 19.6 Å². The van der Waals surface area contributed by atoms with Crippen molar-refractivity contribution in [1.29, 1.82) is 0 Å². The van der Waals surface area contributed by atoms with Crippen molar-refractivity contribution in [2.45, 2.75) is 26.3 Å². The molecule has 2 aromatic rings. The first-order valence-corrected chi connectivity index (χ1v) is 8.02. The third-order valence-corrected chi connectivity index (χ3v) is 4.46. The van der Waals surface area contributed by atoms with E-state index >= 15 is 0 Å². The molecule has 112 valence electrons. The Labute approximate surface area is 128 Å². The molecular weight excluding hydrogens is 286 g/mol. The van der Waals surface area contributed by atoms with Crippen LogP contribution in [0.2, 0.25) is 0 Å². The van der Waals surface area contributed by atoms with Crippen LogP contribution in [-0.2, 0) is 11.2 Å². The van der Waals surface area contributed by atoms with Gasteiger partial charge in [0.2, 0.25) is 5.91 Å². The van der Waals surface area contributed by atoms with E-state index in [1.54, 1.807) is 0 Å². The molecule has 3 rings (SSSR count). The number of nitrogens with one attached hydrogen (secondary N) is 1. The van der Waals surface area contributed by atoms with Crippen molar-refractivity contribution < 1.29 is 9.21 Å². The van der Waals surface area contributed by atoms with E-state index < -0.39 is 0 Å². The summed E-state index contributed by atoms with van der Waals surface area (Å²) in [5.74, 6) is 1.79. The lowest BCUT2D eigenvalue weighted by molar-refractivity contribution is -0.131. The van der Waals surface area contributed by atoms with Gasteiger partial charge in [-0.1, -0.05) is 0 Å². The average molecular weight is 305 g/mol. The Kier molecular flexibility index (Phi) is 4.07. The van der Waals surface area contributed by atoms with Crippen molar-refractivity contribution in [3.63, 3.8) is 0 Å². The van der Waals surface area contributed by atoms with E-state index in [1.807, 2.05) is 29.3 Å². The Bertz CT molecular complexity index is 634. The highest BCUT2D eigenvalue weighted by molar-refractivity contribution is 7.13. The fourth-order valence-corrected chi connectivity index (χ4v) is 3.26. The number of rotatable bonds is 3. The number of furan rings is 1. The summed E-state index contributed by atoms with van der Waals surface area (Å²) in [6, 6.07) is 4.20. The Hall–Kier alpha value is -1.66. The molecule has 5 nitrogen and oxygen atoms in total. The normalized spacial score (nSPS) is 19.0. The topological polar surface area (TPSA) is 58.4 Å². The number of thiazole rings is 1. The number of aryl methyl sites for hydroxylation is 1. The molecule has 1 atom stereocenters. The Morgan fingerprint density at radius 3 is 3.14 bits per heavy atom. The maximum Gasteiger partial charge on any atom is 0.228 e. The van der Waals surface area contributed by atoms with Crippen molar-refractivity contribution in [3.05, 3.63) is 29.0 Å². The molecule has 0 bridgehead atoms. The van der Waals surface area contributed by atoms with Crippen LogP contribution in [0.3, 0.4) is 0 Å². The first-order chi connectivity index (χ1) is 10.1. The maximum absolute atomic E-state index is 12.3. The highest BCUT2D eigenvalue weighted by atomic mass is 32.1. The quantitative estimate of drug-likeness (QED) is 0.943. The zero-order chi connectivity index (χ0) is 14.8. The second-order valence-electron chi connectivity index (χ2n) is 5.43. The molecule has 1 unspecified atom stereocenters. The molecule has 21 heavy (non-hydrogen) atoms. The van der Waals surface area contributed by atoms with Crippen LogP contribution in [0.25, 0.3) is 10.8 Å². The fraction of sp³-hybridized carbons (Fsp3) is 0.467. The minimum absolute atomic E-state index is 0.149. The molecule has 0 aromatic carbocycles. The highest BCUT2D eigenvalue weighted by Gasteiger charge is 2.21. The van der Waals surface area contributed by atoms with Gasteiger partial charge in [-0.2, -0.15) is 0 Å². The fourth-order valence-electron chi connectivity index (χ4n) is 2.48. The van der Waals surface area contributed by atoms with E-state index in [4.69, 9.17) is 4.42 Å². The summed E-state index contributed by atoms with van der Waals surface area (Å²) < 4.78 is 5.56. The number of carbonyl (C=O) groups excluding carboxylic acids is 1. The Balaban J connectivity index is 1.65. The van der Waals surface area contributed by atoms with Gasteiger partial charge in [-0.15, -0.1) is 11.3 Å². The second-order valence-corrected chi connectivity index (χ2v) is 6.28. The van der Waals surface area contributed by atoms with E-state index in [-0.39, 0.29) is 5.91 Å². The van der Waals surface area contributed by atoms with Crippen molar-refractivity contribution in [1.82, 2.24) is 15.2 Å². The number of nitrogens with zero attached hydrogens (tertiary/aromatic N) is 2. The zero-order valence-electron chi connectivity index (χ0n) is 12.3. The van der Waals surface area contributed by atoms with Gasteiger partial charge >= 0.3 is 0 Å². The number of hydrogen-bond donors (Lipinski definition) is 1. The summed E-state index contributed by atoms with van der Waals surface area (Å²) >= 11 is 1.52. The van der Waals surface area contributed by atoms with Crippen LogP contribution in [0.4, 0.5) is 0 Å². The van der Waals surface area contributed by atoms with Crippen LogP contribution in [-0.4, -0.2) is 41.5 Å². The van der Waals surface area contributed by atoms with Crippen molar-refractivity contribution in [3.8, 4) is 10.8 Å². The predicted octanol–water partition coefficient (Wildman–Crippen LogP) is 2.07. The van der Waals surface area contributed by atoms with Gasteiger partial charge in [-0.3, -0.25) is 4.79 Å². The maximum atomic E-state index is 12.3.